The Morgan fingerprint density at radius 2 is 1.97 bits per heavy atom. The second-order valence-corrected chi connectivity index (χ2v) is 8.40. The highest BCUT2D eigenvalue weighted by molar-refractivity contribution is 7.19. The van der Waals surface area contributed by atoms with Gasteiger partial charge in [0.15, 0.2) is 0 Å². The van der Waals surface area contributed by atoms with Crippen LogP contribution in [0.25, 0.3) is 10.1 Å². The molecule has 0 amide bonds. The molecule has 1 fully saturated rings. The van der Waals surface area contributed by atoms with Gasteiger partial charge in [-0.3, -0.25) is 9.69 Å². The average Bonchev–Trinajstić information content (AvgIpc) is 3.17. The summed E-state index contributed by atoms with van der Waals surface area (Å²) in [7, 11) is 3.29. The maximum absolute atomic E-state index is 12.1. The minimum atomic E-state index is -0.766. The van der Waals surface area contributed by atoms with Crippen molar-refractivity contribution >= 4 is 27.4 Å². The summed E-state index contributed by atoms with van der Waals surface area (Å²) in [6.45, 7) is 0.732. The van der Waals surface area contributed by atoms with E-state index in [-0.39, 0.29) is 6.04 Å². The molecule has 0 saturated carbocycles. The van der Waals surface area contributed by atoms with Gasteiger partial charge in [0.05, 0.1) is 20.3 Å². The third-order valence-electron chi connectivity index (χ3n) is 5.61. The molecule has 2 heterocycles. The van der Waals surface area contributed by atoms with E-state index < -0.39 is 12.0 Å². The number of likely N-dealkylation sites (tertiary alicyclic amines) is 1. The number of carboxylic acids is 1. The van der Waals surface area contributed by atoms with E-state index in [0.29, 0.717) is 6.42 Å². The predicted octanol–water partition coefficient (Wildman–Crippen LogP) is 4.95. The number of fused-ring (bicyclic) bond motifs is 1. The summed E-state index contributed by atoms with van der Waals surface area (Å²) in [6, 6.07) is 15.5. The summed E-state index contributed by atoms with van der Waals surface area (Å²) in [6.07, 6.45) is 2.57. The number of carboxylic acid groups (broad SMARTS) is 1. The van der Waals surface area contributed by atoms with Gasteiger partial charge in [0.25, 0.3) is 0 Å². The Bertz CT molecular complexity index is 982. The minimum absolute atomic E-state index is 0.209. The number of aliphatic carboxylic acids is 1. The topological polar surface area (TPSA) is 59.0 Å². The number of carbonyl (C=O) groups is 1. The van der Waals surface area contributed by atoms with Crippen molar-refractivity contribution in [2.24, 2.45) is 0 Å². The van der Waals surface area contributed by atoms with Gasteiger partial charge in [0.1, 0.15) is 17.5 Å². The van der Waals surface area contributed by atoms with Crippen molar-refractivity contribution in [1.29, 1.82) is 0 Å². The second kappa shape index (κ2) is 8.43. The number of hydrogen-bond donors (Lipinski definition) is 1. The number of piperidine rings is 1. The van der Waals surface area contributed by atoms with Gasteiger partial charge >= 0.3 is 5.97 Å². The Balaban J connectivity index is 1.90. The summed E-state index contributed by atoms with van der Waals surface area (Å²) < 4.78 is 12.3. The molecule has 2 unspecified atom stereocenters. The van der Waals surface area contributed by atoms with Gasteiger partial charge in [0, 0.05) is 15.1 Å². The summed E-state index contributed by atoms with van der Waals surface area (Å²) in [5.41, 5.74) is 0.937. The molecule has 0 bridgehead atoms. The first-order valence-electron chi connectivity index (χ1n) is 9.81. The van der Waals surface area contributed by atoms with Crippen LogP contribution in [0.15, 0.2) is 48.5 Å². The molecule has 1 N–H and O–H groups in total. The standard InChI is InChI=1S/C23H25NO4S/c1-27-16-10-11-19(28-2)17(14-16)22(24-12-6-5-8-18(24)23(25)26)21-13-15-7-3-4-9-20(15)29-21/h3-4,7,9-11,13-14,18,22H,5-6,8,12H2,1-2H3,(H,25,26). The van der Waals surface area contributed by atoms with E-state index in [9.17, 15) is 9.90 Å². The number of rotatable bonds is 6. The molecule has 0 spiro atoms. The van der Waals surface area contributed by atoms with Crippen LogP contribution in [0.4, 0.5) is 0 Å². The van der Waals surface area contributed by atoms with Gasteiger partial charge < -0.3 is 14.6 Å². The van der Waals surface area contributed by atoms with Crippen molar-refractivity contribution in [3.05, 3.63) is 59.0 Å². The Labute approximate surface area is 174 Å². The summed E-state index contributed by atoms with van der Waals surface area (Å²) in [5.74, 6) is 0.705. The number of nitrogens with zero attached hydrogens (tertiary/aromatic N) is 1. The fourth-order valence-electron chi connectivity index (χ4n) is 4.21. The zero-order valence-electron chi connectivity index (χ0n) is 16.6. The molecule has 1 aliphatic heterocycles. The molecule has 0 aliphatic carbocycles. The highest BCUT2D eigenvalue weighted by atomic mass is 32.1. The van der Waals surface area contributed by atoms with Gasteiger partial charge in [0.2, 0.25) is 0 Å². The van der Waals surface area contributed by atoms with Crippen LogP contribution < -0.4 is 9.47 Å². The van der Waals surface area contributed by atoms with E-state index in [1.807, 2.05) is 30.3 Å². The molecule has 2 aromatic carbocycles. The van der Waals surface area contributed by atoms with Crippen LogP contribution in [-0.4, -0.2) is 42.8 Å². The van der Waals surface area contributed by atoms with E-state index >= 15 is 0 Å². The van der Waals surface area contributed by atoms with E-state index in [4.69, 9.17) is 9.47 Å². The third-order valence-corrected chi connectivity index (χ3v) is 6.77. The van der Waals surface area contributed by atoms with Crippen LogP contribution in [0, 0.1) is 0 Å². The molecule has 152 valence electrons. The molecule has 0 radical (unpaired) electrons. The van der Waals surface area contributed by atoms with Crippen molar-refractivity contribution in [3.63, 3.8) is 0 Å². The zero-order chi connectivity index (χ0) is 20.4. The summed E-state index contributed by atoms with van der Waals surface area (Å²) in [5, 5.41) is 11.1. The normalized spacial score (nSPS) is 18.5. The second-order valence-electron chi connectivity index (χ2n) is 7.28. The summed E-state index contributed by atoms with van der Waals surface area (Å²) >= 11 is 1.71. The SMILES string of the molecule is COc1ccc(OC)c(C(c2cc3ccccc3s2)N2CCCCC2C(=O)O)c1. The van der Waals surface area contributed by atoms with E-state index in [2.05, 4.69) is 23.1 Å². The van der Waals surface area contributed by atoms with Crippen molar-refractivity contribution in [3.8, 4) is 11.5 Å². The highest BCUT2D eigenvalue weighted by Crippen LogP contribution is 2.43. The molecule has 1 aromatic heterocycles. The van der Waals surface area contributed by atoms with Gasteiger partial charge in [-0.1, -0.05) is 24.6 Å². The first-order valence-corrected chi connectivity index (χ1v) is 10.6. The Kier molecular flexibility index (Phi) is 5.74. The molecule has 5 nitrogen and oxygen atoms in total. The molecule has 1 aliphatic rings. The van der Waals surface area contributed by atoms with Crippen LogP contribution in [0.1, 0.15) is 35.7 Å². The molecular weight excluding hydrogens is 386 g/mol. The quantitative estimate of drug-likeness (QED) is 0.622. The third kappa shape index (κ3) is 3.82. The van der Waals surface area contributed by atoms with Crippen molar-refractivity contribution in [1.82, 2.24) is 4.90 Å². The average molecular weight is 412 g/mol. The van der Waals surface area contributed by atoms with Gasteiger partial charge in [-0.25, -0.2) is 0 Å². The lowest BCUT2D eigenvalue weighted by atomic mass is 9.94. The molecule has 29 heavy (non-hydrogen) atoms. The molecular formula is C23H25NO4S. The highest BCUT2D eigenvalue weighted by Gasteiger charge is 2.37. The number of methoxy groups -OCH3 is 2. The lowest BCUT2D eigenvalue weighted by Crippen LogP contribution is -2.46. The maximum atomic E-state index is 12.1. The zero-order valence-corrected chi connectivity index (χ0v) is 17.4. The van der Waals surface area contributed by atoms with Crippen molar-refractivity contribution in [2.45, 2.75) is 31.3 Å². The van der Waals surface area contributed by atoms with Crippen LogP contribution in [0.2, 0.25) is 0 Å². The number of hydrogen-bond acceptors (Lipinski definition) is 5. The van der Waals surface area contributed by atoms with E-state index in [1.54, 1.807) is 25.6 Å². The molecule has 3 aromatic rings. The molecule has 2 atom stereocenters. The minimum Gasteiger partial charge on any atom is -0.497 e. The molecule has 6 heteroatoms. The Morgan fingerprint density at radius 3 is 2.69 bits per heavy atom. The largest absolute Gasteiger partial charge is 0.497 e. The van der Waals surface area contributed by atoms with Crippen LogP contribution in [-0.2, 0) is 4.79 Å². The van der Waals surface area contributed by atoms with E-state index in [1.165, 1.54) is 10.1 Å². The first kappa shape index (κ1) is 19.7. The molecule has 1 saturated heterocycles. The van der Waals surface area contributed by atoms with Gasteiger partial charge in [-0.15, -0.1) is 11.3 Å². The Morgan fingerprint density at radius 1 is 1.14 bits per heavy atom. The van der Waals surface area contributed by atoms with Gasteiger partial charge in [-0.2, -0.15) is 0 Å². The number of ether oxygens (including phenoxy) is 2. The predicted molar refractivity (Wildman–Crippen MR) is 115 cm³/mol. The number of benzene rings is 2. The van der Waals surface area contributed by atoms with Crippen molar-refractivity contribution < 1.29 is 19.4 Å². The molecule has 4 rings (SSSR count). The van der Waals surface area contributed by atoms with Crippen LogP contribution >= 0.6 is 11.3 Å². The van der Waals surface area contributed by atoms with Crippen molar-refractivity contribution in [2.75, 3.05) is 20.8 Å². The monoisotopic (exact) mass is 411 g/mol. The lowest BCUT2D eigenvalue weighted by molar-refractivity contribution is -0.145. The van der Waals surface area contributed by atoms with E-state index in [0.717, 1.165) is 41.3 Å². The summed E-state index contributed by atoms with van der Waals surface area (Å²) in [4.78, 5) is 15.3. The van der Waals surface area contributed by atoms with Gasteiger partial charge in [-0.05, 0) is 55.1 Å². The first-order chi connectivity index (χ1) is 14.1. The fraction of sp³-hybridized carbons (Fsp3) is 0.348. The maximum Gasteiger partial charge on any atom is 0.320 e. The van der Waals surface area contributed by atoms with Crippen LogP contribution in [0.3, 0.4) is 0 Å². The fourth-order valence-corrected chi connectivity index (χ4v) is 5.42. The lowest BCUT2D eigenvalue weighted by Gasteiger charge is -2.39. The number of thiophene rings is 1. The smallest absolute Gasteiger partial charge is 0.320 e. The van der Waals surface area contributed by atoms with Crippen LogP contribution in [0.5, 0.6) is 11.5 Å². The Hall–Kier alpha value is -2.57.